The van der Waals surface area contributed by atoms with Gasteiger partial charge < -0.3 is 10.6 Å². The first-order valence-corrected chi connectivity index (χ1v) is 9.90. The molecule has 142 valence electrons. The van der Waals surface area contributed by atoms with Gasteiger partial charge in [0.2, 0.25) is 0 Å². The van der Waals surface area contributed by atoms with Gasteiger partial charge in [0, 0.05) is 18.2 Å². The summed E-state index contributed by atoms with van der Waals surface area (Å²) in [5, 5.41) is 6.46. The van der Waals surface area contributed by atoms with E-state index in [2.05, 4.69) is 23.6 Å². The molecular weight excluding hydrogens is 332 g/mol. The van der Waals surface area contributed by atoms with Crippen LogP contribution in [0.5, 0.6) is 0 Å². The summed E-state index contributed by atoms with van der Waals surface area (Å²) in [7, 11) is 0. The highest BCUT2D eigenvalue weighted by atomic mass is 35.5. The van der Waals surface area contributed by atoms with E-state index in [0.717, 1.165) is 31.5 Å². The summed E-state index contributed by atoms with van der Waals surface area (Å²) in [5.74, 6) is 0.0962. The summed E-state index contributed by atoms with van der Waals surface area (Å²) in [4.78, 5) is 12.5. The molecule has 1 atom stereocenters. The number of benzene rings is 1. The van der Waals surface area contributed by atoms with Gasteiger partial charge in [-0.1, -0.05) is 70.1 Å². The van der Waals surface area contributed by atoms with Gasteiger partial charge in [-0.3, -0.25) is 4.79 Å². The van der Waals surface area contributed by atoms with E-state index in [1.165, 1.54) is 56.9 Å². The molecule has 25 heavy (non-hydrogen) atoms. The van der Waals surface area contributed by atoms with Gasteiger partial charge in [0.15, 0.2) is 0 Å². The molecule has 1 aliphatic rings. The molecule has 0 unspecified atom stereocenters. The fourth-order valence-electron chi connectivity index (χ4n) is 3.45. The smallest absolute Gasteiger partial charge is 0.251 e. The molecule has 1 heterocycles. The van der Waals surface area contributed by atoms with Crippen LogP contribution in [0.2, 0.25) is 0 Å². The molecule has 1 amide bonds. The summed E-state index contributed by atoms with van der Waals surface area (Å²) < 4.78 is 0. The predicted molar refractivity (Wildman–Crippen MR) is 109 cm³/mol. The topological polar surface area (TPSA) is 41.1 Å². The number of carbonyl (C=O) groups is 1. The molecule has 2 rings (SSSR count). The quantitative estimate of drug-likeness (QED) is 0.548. The van der Waals surface area contributed by atoms with E-state index in [1.54, 1.807) is 0 Å². The van der Waals surface area contributed by atoms with Gasteiger partial charge in [-0.05, 0) is 37.4 Å². The number of nitrogens with one attached hydrogen (secondary N) is 2. The largest absolute Gasteiger partial charge is 0.348 e. The van der Waals surface area contributed by atoms with Crippen LogP contribution in [-0.4, -0.2) is 25.0 Å². The first kappa shape index (κ1) is 22.0. The number of aryl methyl sites for hydroxylation is 1. The Morgan fingerprint density at radius 2 is 1.76 bits per heavy atom. The van der Waals surface area contributed by atoms with E-state index < -0.39 is 0 Å². The van der Waals surface area contributed by atoms with Gasteiger partial charge in [0.05, 0.1) is 0 Å². The van der Waals surface area contributed by atoms with Crippen LogP contribution < -0.4 is 10.6 Å². The standard InChI is InChI=1S/C21H34N2O.ClH/c1-2-3-4-5-6-7-8-9-12-18-13-10-11-14-20(18)21(24)23-19-15-16-22-17-19;/h10-11,13-14,19,22H,2-9,12,15-17H2,1H3,(H,23,24);1H/t19-;/m1./s1. The van der Waals surface area contributed by atoms with E-state index >= 15 is 0 Å². The summed E-state index contributed by atoms with van der Waals surface area (Å²) in [5.41, 5.74) is 2.07. The van der Waals surface area contributed by atoms with Crippen LogP contribution in [0, 0.1) is 0 Å². The lowest BCUT2D eigenvalue weighted by Crippen LogP contribution is -2.36. The minimum absolute atomic E-state index is 0. The van der Waals surface area contributed by atoms with Crippen molar-refractivity contribution < 1.29 is 4.79 Å². The molecule has 2 N–H and O–H groups in total. The Kier molecular flexibility index (Phi) is 11.6. The fraction of sp³-hybridized carbons (Fsp3) is 0.667. The highest BCUT2D eigenvalue weighted by Crippen LogP contribution is 2.15. The monoisotopic (exact) mass is 366 g/mol. The van der Waals surface area contributed by atoms with Crippen molar-refractivity contribution in [2.24, 2.45) is 0 Å². The number of halogens is 1. The molecular formula is C21H35ClN2O. The normalized spacial score (nSPS) is 16.4. The third-order valence-corrected chi connectivity index (χ3v) is 4.96. The molecule has 0 bridgehead atoms. The van der Waals surface area contributed by atoms with Gasteiger partial charge in [-0.25, -0.2) is 0 Å². The molecule has 1 aromatic carbocycles. The molecule has 3 nitrogen and oxygen atoms in total. The van der Waals surface area contributed by atoms with Gasteiger partial charge in [0.25, 0.3) is 5.91 Å². The molecule has 4 heteroatoms. The maximum Gasteiger partial charge on any atom is 0.251 e. The van der Waals surface area contributed by atoms with Crippen LogP contribution in [0.4, 0.5) is 0 Å². The van der Waals surface area contributed by atoms with Crippen LogP contribution in [0.25, 0.3) is 0 Å². The maximum atomic E-state index is 12.5. The minimum Gasteiger partial charge on any atom is -0.348 e. The first-order chi connectivity index (χ1) is 11.8. The van der Waals surface area contributed by atoms with Gasteiger partial charge in [0.1, 0.15) is 0 Å². The van der Waals surface area contributed by atoms with Crippen molar-refractivity contribution >= 4 is 18.3 Å². The van der Waals surface area contributed by atoms with Crippen molar-refractivity contribution in [3.05, 3.63) is 35.4 Å². The third-order valence-electron chi connectivity index (χ3n) is 4.96. The highest BCUT2D eigenvalue weighted by Gasteiger charge is 2.18. The lowest BCUT2D eigenvalue weighted by Gasteiger charge is -2.14. The maximum absolute atomic E-state index is 12.5. The highest BCUT2D eigenvalue weighted by molar-refractivity contribution is 5.95. The first-order valence-electron chi connectivity index (χ1n) is 9.90. The van der Waals surface area contributed by atoms with E-state index in [0.29, 0.717) is 0 Å². The third kappa shape index (κ3) is 8.24. The van der Waals surface area contributed by atoms with E-state index in [9.17, 15) is 4.79 Å². The summed E-state index contributed by atoms with van der Waals surface area (Å²) in [6.45, 7) is 4.16. The van der Waals surface area contributed by atoms with Crippen LogP contribution in [0.15, 0.2) is 24.3 Å². The number of rotatable bonds is 11. The number of carbonyl (C=O) groups excluding carboxylic acids is 1. The molecule has 1 saturated heterocycles. The van der Waals surface area contributed by atoms with Crippen LogP contribution in [0.3, 0.4) is 0 Å². The Hall–Kier alpha value is -1.06. The summed E-state index contributed by atoms with van der Waals surface area (Å²) >= 11 is 0. The van der Waals surface area contributed by atoms with E-state index in [4.69, 9.17) is 0 Å². The van der Waals surface area contributed by atoms with Crippen molar-refractivity contribution in [3.8, 4) is 0 Å². The SMILES string of the molecule is CCCCCCCCCCc1ccccc1C(=O)N[C@@H]1CCNC1.Cl. The van der Waals surface area contributed by atoms with Crippen molar-refractivity contribution in [1.82, 2.24) is 10.6 Å². The lowest BCUT2D eigenvalue weighted by molar-refractivity contribution is 0.0939. The fourth-order valence-corrected chi connectivity index (χ4v) is 3.45. The summed E-state index contributed by atoms with van der Waals surface area (Å²) in [6, 6.07) is 8.39. The van der Waals surface area contributed by atoms with Crippen LogP contribution in [0.1, 0.15) is 80.6 Å². The molecule has 1 aliphatic heterocycles. The molecule has 1 aromatic rings. The van der Waals surface area contributed by atoms with Crippen molar-refractivity contribution in [3.63, 3.8) is 0 Å². The Morgan fingerprint density at radius 3 is 2.44 bits per heavy atom. The van der Waals surface area contributed by atoms with Crippen LogP contribution in [-0.2, 0) is 6.42 Å². The number of amides is 1. The molecule has 1 fully saturated rings. The van der Waals surface area contributed by atoms with Gasteiger partial charge in [-0.15, -0.1) is 12.4 Å². The second-order valence-corrected chi connectivity index (χ2v) is 7.05. The molecule has 0 aromatic heterocycles. The molecule has 0 radical (unpaired) electrons. The zero-order valence-electron chi connectivity index (χ0n) is 15.7. The van der Waals surface area contributed by atoms with Crippen molar-refractivity contribution in [1.29, 1.82) is 0 Å². The van der Waals surface area contributed by atoms with Gasteiger partial charge >= 0.3 is 0 Å². The minimum atomic E-state index is 0. The predicted octanol–water partition coefficient (Wildman–Crippen LogP) is 4.88. The Morgan fingerprint density at radius 1 is 1.08 bits per heavy atom. The van der Waals surface area contributed by atoms with Crippen molar-refractivity contribution in [2.75, 3.05) is 13.1 Å². The zero-order valence-corrected chi connectivity index (χ0v) is 16.5. The summed E-state index contributed by atoms with van der Waals surface area (Å²) in [6.07, 6.45) is 12.6. The zero-order chi connectivity index (χ0) is 17.0. The lowest BCUT2D eigenvalue weighted by atomic mass is 9.99. The second-order valence-electron chi connectivity index (χ2n) is 7.05. The van der Waals surface area contributed by atoms with Crippen LogP contribution >= 0.6 is 12.4 Å². The average molecular weight is 367 g/mol. The molecule has 0 aliphatic carbocycles. The number of unbranched alkanes of at least 4 members (excludes halogenated alkanes) is 7. The van der Waals surface area contributed by atoms with E-state index in [-0.39, 0.29) is 24.4 Å². The average Bonchev–Trinajstić information content (AvgIpc) is 3.10. The Labute approximate surface area is 159 Å². The number of hydrogen-bond acceptors (Lipinski definition) is 2. The Bertz CT molecular complexity index is 487. The molecule has 0 spiro atoms. The van der Waals surface area contributed by atoms with E-state index in [1.807, 2.05) is 18.2 Å². The Balaban J connectivity index is 0.00000312. The molecule has 0 saturated carbocycles. The van der Waals surface area contributed by atoms with Gasteiger partial charge in [-0.2, -0.15) is 0 Å². The number of hydrogen-bond donors (Lipinski definition) is 2. The van der Waals surface area contributed by atoms with Crippen molar-refractivity contribution in [2.45, 2.75) is 77.2 Å². The second kappa shape index (κ2) is 13.2.